The monoisotopic (exact) mass is 457 g/mol. The van der Waals surface area contributed by atoms with Gasteiger partial charge in [0.25, 0.3) is 0 Å². The number of fused-ring (bicyclic) bond motifs is 2. The highest BCUT2D eigenvalue weighted by Gasteiger charge is 2.54. The summed E-state index contributed by atoms with van der Waals surface area (Å²) in [4.78, 5) is 25.6. The van der Waals surface area contributed by atoms with E-state index in [1.807, 2.05) is 0 Å². The molecule has 2 aromatic rings. The average Bonchev–Trinajstić information content (AvgIpc) is 3.53. The standard InChI is InChI=1S/C24H25F2N3O4/c25-17-7-14-20(29(13-1-2-13)10-18(22(14)30)33-23(31)32)19(26)21(17)28-8-15-12-3-5-24(11-27,6-4-12)16(15)9-28/h3,5,7,10,12-13,15-16H,1-2,4,6,8-9,11,27H2,(H,31,32). The summed E-state index contributed by atoms with van der Waals surface area (Å²) < 4.78 is 37.6. The highest BCUT2D eigenvalue weighted by Crippen LogP contribution is 2.56. The minimum Gasteiger partial charge on any atom is -0.449 e. The Hall–Kier alpha value is -2.94. The number of carboxylic acid groups (broad SMARTS) is 1. The van der Waals surface area contributed by atoms with Gasteiger partial charge in [0.1, 0.15) is 11.5 Å². The molecule has 7 rings (SSSR count). The summed E-state index contributed by atoms with van der Waals surface area (Å²) in [6.07, 6.45) is 7.58. The number of aromatic nitrogens is 1. The molecule has 3 N–H and O–H groups in total. The van der Waals surface area contributed by atoms with Crippen LogP contribution < -0.4 is 20.8 Å². The van der Waals surface area contributed by atoms with E-state index >= 15 is 8.78 Å². The number of halogens is 2. The van der Waals surface area contributed by atoms with E-state index in [2.05, 4.69) is 16.9 Å². The molecule has 1 aromatic carbocycles. The molecule has 3 fully saturated rings. The molecule has 4 atom stereocenters. The summed E-state index contributed by atoms with van der Waals surface area (Å²) in [6.45, 7) is 1.56. The maximum absolute atomic E-state index is 16.0. The summed E-state index contributed by atoms with van der Waals surface area (Å²) in [7, 11) is 0. The molecule has 2 heterocycles. The fraction of sp³-hybridized carbons (Fsp3) is 0.500. The predicted molar refractivity (Wildman–Crippen MR) is 118 cm³/mol. The molecule has 4 aliphatic carbocycles. The van der Waals surface area contributed by atoms with Crippen molar-refractivity contribution < 1.29 is 23.4 Å². The van der Waals surface area contributed by atoms with Crippen molar-refractivity contribution >= 4 is 22.7 Å². The van der Waals surface area contributed by atoms with Crippen LogP contribution in [-0.4, -0.2) is 35.5 Å². The number of nitrogens with two attached hydrogens (primary N) is 1. The van der Waals surface area contributed by atoms with E-state index in [-0.39, 0.29) is 34.0 Å². The molecule has 174 valence electrons. The number of carbonyl (C=O) groups is 1. The minimum atomic E-state index is -1.65. The first-order valence-corrected chi connectivity index (χ1v) is 11.4. The molecule has 1 saturated heterocycles. The van der Waals surface area contributed by atoms with Crippen LogP contribution in [0.2, 0.25) is 0 Å². The van der Waals surface area contributed by atoms with Crippen LogP contribution >= 0.6 is 0 Å². The number of ether oxygens (including phenoxy) is 1. The molecule has 4 unspecified atom stereocenters. The van der Waals surface area contributed by atoms with Crippen molar-refractivity contribution in [1.29, 1.82) is 0 Å². The van der Waals surface area contributed by atoms with Crippen LogP contribution in [0.25, 0.3) is 10.9 Å². The van der Waals surface area contributed by atoms with E-state index in [0.29, 0.717) is 31.5 Å². The largest absolute Gasteiger partial charge is 0.511 e. The molecule has 0 spiro atoms. The maximum atomic E-state index is 16.0. The number of allylic oxidation sites excluding steroid dienone is 1. The van der Waals surface area contributed by atoms with Crippen molar-refractivity contribution in [3.8, 4) is 5.75 Å². The highest BCUT2D eigenvalue weighted by atomic mass is 19.1. The van der Waals surface area contributed by atoms with E-state index < -0.39 is 29.0 Å². The third-order valence-electron chi connectivity index (χ3n) is 8.26. The van der Waals surface area contributed by atoms with Gasteiger partial charge in [-0.15, -0.1) is 0 Å². The van der Waals surface area contributed by atoms with Crippen LogP contribution in [-0.2, 0) is 0 Å². The van der Waals surface area contributed by atoms with Crippen molar-refractivity contribution in [1.82, 2.24) is 4.57 Å². The van der Waals surface area contributed by atoms with Crippen LogP contribution in [0.5, 0.6) is 5.75 Å². The first-order chi connectivity index (χ1) is 15.8. The molecular formula is C24H25F2N3O4. The Morgan fingerprint density at radius 2 is 2.06 bits per heavy atom. The molecule has 33 heavy (non-hydrogen) atoms. The van der Waals surface area contributed by atoms with E-state index in [9.17, 15) is 9.59 Å². The lowest BCUT2D eigenvalue weighted by Gasteiger charge is -2.49. The first kappa shape index (κ1) is 20.7. The third kappa shape index (κ3) is 2.94. The van der Waals surface area contributed by atoms with Gasteiger partial charge in [-0.3, -0.25) is 4.79 Å². The lowest BCUT2D eigenvalue weighted by Crippen LogP contribution is -2.48. The number of nitrogens with zero attached hydrogens (tertiary/aromatic N) is 2. The number of hydrogen-bond donors (Lipinski definition) is 2. The lowest BCUT2D eigenvalue weighted by atomic mass is 9.55. The quantitative estimate of drug-likeness (QED) is 0.537. The number of benzene rings is 1. The molecular weight excluding hydrogens is 432 g/mol. The molecule has 0 amide bonds. The molecule has 7 nitrogen and oxygen atoms in total. The molecule has 0 radical (unpaired) electrons. The zero-order valence-corrected chi connectivity index (χ0v) is 18.0. The average molecular weight is 457 g/mol. The summed E-state index contributed by atoms with van der Waals surface area (Å²) in [5.41, 5.74) is 5.08. The van der Waals surface area contributed by atoms with Gasteiger partial charge in [-0.05, 0) is 49.5 Å². The van der Waals surface area contributed by atoms with Gasteiger partial charge in [-0.25, -0.2) is 13.6 Å². The molecule has 1 aromatic heterocycles. The van der Waals surface area contributed by atoms with Crippen molar-refractivity contribution in [3.63, 3.8) is 0 Å². The van der Waals surface area contributed by atoms with Gasteiger partial charge < -0.3 is 25.0 Å². The van der Waals surface area contributed by atoms with E-state index in [1.54, 1.807) is 4.90 Å². The van der Waals surface area contributed by atoms with Gasteiger partial charge in [-0.1, -0.05) is 12.2 Å². The smallest absolute Gasteiger partial charge is 0.449 e. The number of rotatable bonds is 4. The lowest BCUT2D eigenvalue weighted by molar-refractivity contribution is 0.0798. The molecule has 9 heteroatoms. The van der Waals surface area contributed by atoms with Gasteiger partial charge >= 0.3 is 6.16 Å². The van der Waals surface area contributed by atoms with Gasteiger partial charge in [0, 0.05) is 31.1 Å². The SMILES string of the molecule is NCC12C=CC(CC1)C1CN(c3c(F)cc4c(=O)c(OC(=O)O)cn(C5CC5)c4c3F)CC12. The van der Waals surface area contributed by atoms with E-state index in [1.165, 1.54) is 10.8 Å². The Bertz CT molecular complexity index is 1270. The molecule has 2 bridgehead atoms. The normalized spacial score (nSPS) is 30.2. The van der Waals surface area contributed by atoms with Gasteiger partial charge in [0.15, 0.2) is 11.6 Å². The summed E-state index contributed by atoms with van der Waals surface area (Å²) in [5, 5.41) is 8.74. The number of pyridine rings is 1. The van der Waals surface area contributed by atoms with Gasteiger partial charge in [0.05, 0.1) is 17.1 Å². The maximum Gasteiger partial charge on any atom is 0.511 e. The Morgan fingerprint density at radius 3 is 2.70 bits per heavy atom. The second-order valence-corrected chi connectivity index (χ2v) is 9.92. The van der Waals surface area contributed by atoms with Crippen LogP contribution in [0, 0.1) is 34.8 Å². The summed E-state index contributed by atoms with van der Waals surface area (Å²) in [5.74, 6) is -1.14. The van der Waals surface area contributed by atoms with Crippen LogP contribution in [0.4, 0.5) is 19.3 Å². The highest BCUT2D eigenvalue weighted by molar-refractivity contribution is 5.86. The Balaban J connectivity index is 1.48. The van der Waals surface area contributed by atoms with Crippen LogP contribution in [0.1, 0.15) is 31.7 Å². The zero-order valence-electron chi connectivity index (χ0n) is 18.0. The second-order valence-electron chi connectivity index (χ2n) is 9.92. The number of hydrogen-bond acceptors (Lipinski definition) is 5. The predicted octanol–water partition coefficient (Wildman–Crippen LogP) is 3.65. The van der Waals surface area contributed by atoms with E-state index in [0.717, 1.165) is 31.7 Å². The first-order valence-electron chi connectivity index (χ1n) is 11.4. The fourth-order valence-corrected chi connectivity index (χ4v) is 6.47. The molecule has 2 saturated carbocycles. The van der Waals surface area contributed by atoms with Crippen molar-refractivity contribution in [3.05, 3.63) is 46.3 Å². The molecule has 5 aliphatic rings. The van der Waals surface area contributed by atoms with E-state index in [4.69, 9.17) is 10.8 Å². The topological polar surface area (TPSA) is 97.8 Å². The Labute approximate surface area is 188 Å². The zero-order chi connectivity index (χ0) is 23.1. The number of anilines is 1. The van der Waals surface area contributed by atoms with Crippen LogP contribution in [0.15, 0.2) is 29.2 Å². The molecule has 1 aliphatic heterocycles. The summed E-state index contributed by atoms with van der Waals surface area (Å²) >= 11 is 0. The van der Waals surface area contributed by atoms with Crippen LogP contribution in [0.3, 0.4) is 0 Å². The van der Waals surface area contributed by atoms with Crippen molar-refractivity contribution in [2.75, 3.05) is 24.5 Å². The van der Waals surface area contributed by atoms with Gasteiger partial charge in [-0.2, -0.15) is 0 Å². The Kier molecular flexibility index (Phi) is 4.40. The van der Waals surface area contributed by atoms with Gasteiger partial charge in [0.2, 0.25) is 5.43 Å². The third-order valence-corrected chi connectivity index (χ3v) is 8.26. The summed E-state index contributed by atoms with van der Waals surface area (Å²) in [6, 6.07) is 0.941. The van der Waals surface area contributed by atoms with Crippen molar-refractivity contribution in [2.45, 2.75) is 31.7 Å². The Morgan fingerprint density at radius 1 is 1.27 bits per heavy atom. The van der Waals surface area contributed by atoms with Crippen molar-refractivity contribution in [2.24, 2.45) is 28.9 Å². The minimum absolute atomic E-state index is 0.00106. The second kappa shape index (κ2) is 7.03. The fourth-order valence-electron chi connectivity index (χ4n) is 6.47.